The number of ether oxygens (including phenoxy) is 1. The molecule has 0 aliphatic rings. The molecule has 0 spiro atoms. The largest absolute Gasteiger partial charge is 0.496 e. The first kappa shape index (κ1) is 14.8. The minimum atomic E-state index is -0.182. The lowest BCUT2D eigenvalue weighted by molar-refractivity contribution is 0.0778. The van der Waals surface area contributed by atoms with Crippen molar-refractivity contribution in [2.45, 2.75) is 6.54 Å². The van der Waals surface area contributed by atoms with E-state index in [0.29, 0.717) is 18.1 Å². The number of methoxy groups -OCH3 is 1. The quantitative estimate of drug-likeness (QED) is 0.645. The number of nitrogen functional groups attached to an aromatic ring is 1. The zero-order chi connectivity index (χ0) is 15.2. The molecule has 1 aromatic carbocycles. The molecule has 0 saturated carbocycles. The van der Waals surface area contributed by atoms with E-state index in [-0.39, 0.29) is 5.91 Å². The van der Waals surface area contributed by atoms with Gasteiger partial charge in [-0.25, -0.2) is 10.8 Å². The van der Waals surface area contributed by atoms with Crippen molar-refractivity contribution in [3.63, 3.8) is 0 Å². The molecule has 0 aliphatic carbocycles. The second-order valence-electron chi connectivity index (χ2n) is 4.53. The number of nitrogens with zero attached hydrogens (tertiary/aromatic N) is 2. The highest BCUT2D eigenvalue weighted by Crippen LogP contribution is 2.19. The summed E-state index contributed by atoms with van der Waals surface area (Å²) < 4.78 is 5.29. The van der Waals surface area contributed by atoms with Gasteiger partial charge < -0.3 is 15.1 Å². The Morgan fingerprint density at radius 3 is 2.76 bits per heavy atom. The van der Waals surface area contributed by atoms with Crippen molar-refractivity contribution in [2.24, 2.45) is 5.84 Å². The first-order valence-corrected chi connectivity index (χ1v) is 6.46. The van der Waals surface area contributed by atoms with Gasteiger partial charge in [-0.3, -0.25) is 4.79 Å². The van der Waals surface area contributed by atoms with Gasteiger partial charge in [0.15, 0.2) is 0 Å². The molecule has 0 radical (unpaired) electrons. The standard InChI is InChI=1S/C15H18N4O2/c1-19(10-11-6-3-4-8-13(11)21-2)15(20)12-7-5-9-14(17-12)18-16/h3-9H,10,16H2,1-2H3,(H,17,18). The molecule has 2 rings (SSSR count). The number of anilines is 1. The van der Waals surface area contributed by atoms with Crippen LogP contribution in [0.4, 0.5) is 5.82 Å². The number of carbonyl (C=O) groups is 1. The van der Waals surface area contributed by atoms with Crippen LogP contribution in [0.5, 0.6) is 5.75 Å². The van der Waals surface area contributed by atoms with Crippen molar-refractivity contribution in [3.8, 4) is 5.75 Å². The van der Waals surface area contributed by atoms with Gasteiger partial charge in [0.2, 0.25) is 0 Å². The van der Waals surface area contributed by atoms with E-state index in [4.69, 9.17) is 10.6 Å². The maximum absolute atomic E-state index is 12.4. The van der Waals surface area contributed by atoms with Gasteiger partial charge in [-0.1, -0.05) is 24.3 Å². The van der Waals surface area contributed by atoms with Gasteiger partial charge in [0, 0.05) is 19.2 Å². The molecule has 21 heavy (non-hydrogen) atoms. The summed E-state index contributed by atoms with van der Waals surface area (Å²) in [5.41, 5.74) is 3.70. The third-order valence-electron chi connectivity index (χ3n) is 3.06. The second kappa shape index (κ2) is 6.71. The highest BCUT2D eigenvalue weighted by atomic mass is 16.5. The van der Waals surface area contributed by atoms with Crippen molar-refractivity contribution in [1.29, 1.82) is 0 Å². The minimum absolute atomic E-state index is 0.182. The summed E-state index contributed by atoms with van der Waals surface area (Å²) in [6.45, 7) is 0.435. The smallest absolute Gasteiger partial charge is 0.272 e. The highest BCUT2D eigenvalue weighted by Gasteiger charge is 2.15. The molecule has 0 unspecified atom stereocenters. The van der Waals surface area contributed by atoms with E-state index < -0.39 is 0 Å². The molecule has 1 aromatic heterocycles. The van der Waals surface area contributed by atoms with Crippen molar-refractivity contribution >= 4 is 11.7 Å². The second-order valence-corrected chi connectivity index (χ2v) is 4.53. The van der Waals surface area contributed by atoms with Crippen LogP contribution in [-0.2, 0) is 6.54 Å². The van der Waals surface area contributed by atoms with Crippen LogP contribution in [0.25, 0.3) is 0 Å². The maximum Gasteiger partial charge on any atom is 0.272 e. The fourth-order valence-electron chi connectivity index (χ4n) is 1.99. The topological polar surface area (TPSA) is 80.5 Å². The summed E-state index contributed by atoms with van der Waals surface area (Å²) in [5, 5.41) is 0. The third-order valence-corrected chi connectivity index (χ3v) is 3.06. The van der Waals surface area contributed by atoms with Gasteiger partial charge in [-0.15, -0.1) is 0 Å². The Labute approximate surface area is 123 Å². The molecule has 2 aromatic rings. The number of hydrogen-bond donors (Lipinski definition) is 2. The van der Waals surface area contributed by atoms with Crippen LogP contribution in [0.15, 0.2) is 42.5 Å². The van der Waals surface area contributed by atoms with Gasteiger partial charge in [0.25, 0.3) is 5.91 Å². The van der Waals surface area contributed by atoms with E-state index in [0.717, 1.165) is 11.3 Å². The Kier molecular flexibility index (Phi) is 4.73. The number of para-hydroxylation sites is 1. The molecule has 0 bridgehead atoms. The summed E-state index contributed by atoms with van der Waals surface area (Å²) in [6.07, 6.45) is 0. The van der Waals surface area contributed by atoms with Crippen LogP contribution >= 0.6 is 0 Å². The van der Waals surface area contributed by atoms with Crippen molar-refractivity contribution in [1.82, 2.24) is 9.88 Å². The zero-order valence-corrected chi connectivity index (χ0v) is 12.0. The van der Waals surface area contributed by atoms with E-state index in [1.54, 1.807) is 37.3 Å². The summed E-state index contributed by atoms with van der Waals surface area (Å²) in [4.78, 5) is 18.1. The number of carbonyl (C=O) groups excluding carboxylic acids is 1. The Hall–Kier alpha value is -2.60. The Morgan fingerprint density at radius 2 is 2.05 bits per heavy atom. The molecule has 0 aliphatic heterocycles. The third kappa shape index (κ3) is 3.49. The number of nitrogens with two attached hydrogens (primary N) is 1. The molecule has 1 amide bonds. The van der Waals surface area contributed by atoms with E-state index in [1.165, 1.54) is 0 Å². The normalized spacial score (nSPS) is 10.0. The molecule has 0 saturated heterocycles. The average molecular weight is 286 g/mol. The summed E-state index contributed by atoms with van der Waals surface area (Å²) in [7, 11) is 3.33. The van der Waals surface area contributed by atoms with Gasteiger partial charge in [0.05, 0.1) is 7.11 Å². The number of pyridine rings is 1. The average Bonchev–Trinajstić information content (AvgIpc) is 2.54. The molecule has 1 heterocycles. The first-order chi connectivity index (χ1) is 10.2. The van der Waals surface area contributed by atoms with Crippen LogP contribution in [-0.4, -0.2) is 29.9 Å². The number of hydrazine groups is 1. The molecule has 6 nitrogen and oxygen atoms in total. The first-order valence-electron chi connectivity index (χ1n) is 6.46. The minimum Gasteiger partial charge on any atom is -0.496 e. The molecule has 3 N–H and O–H groups in total. The zero-order valence-electron chi connectivity index (χ0n) is 12.0. The SMILES string of the molecule is COc1ccccc1CN(C)C(=O)c1cccc(NN)n1. The van der Waals surface area contributed by atoms with Crippen molar-refractivity contribution < 1.29 is 9.53 Å². The number of hydrogen-bond acceptors (Lipinski definition) is 5. The molecular formula is C15H18N4O2. The van der Waals surface area contributed by atoms with Gasteiger partial charge in [0.1, 0.15) is 17.3 Å². The summed E-state index contributed by atoms with van der Waals surface area (Å²) in [6, 6.07) is 12.7. The lowest BCUT2D eigenvalue weighted by atomic mass is 10.2. The monoisotopic (exact) mass is 286 g/mol. The number of nitrogens with one attached hydrogen (secondary N) is 1. The molecule has 0 fully saturated rings. The fourth-order valence-corrected chi connectivity index (χ4v) is 1.99. The van der Waals surface area contributed by atoms with Crippen LogP contribution in [0.2, 0.25) is 0 Å². The van der Waals surface area contributed by atoms with E-state index in [1.807, 2.05) is 24.3 Å². The van der Waals surface area contributed by atoms with Crippen LogP contribution in [0, 0.1) is 0 Å². The van der Waals surface area contributed by atoms with Crippen molar-refractivity contribution in [2.75, 3.05) is 19.6 Å². The number of aromatic nitrogens is 1. The van der Waals surface area contributed by atoms with Gasteiger partial charge in [-0.2, -0.15) is 0 Å². The van der Waals surface area contributed by atoms with Crippen LogP contribution in [0.3, 0.4) is 0 Å². The maximum atomic E-state index is 12.4. The Balaban J connectivity index is 2.15. The van der Waals surface area contributed by atoms with E-state index >= 15 is 0 Å². The number of amides is 1. The van der Waals surface area contributed by atoms with E-state index in [9.17, 15) is 4.79 Å². The van der Waals surface area contributed by atoms with Gasteiger partial charge in [-0.05, 0) is 18.2 Å². The van der Waals surface area contributed by atoms with Gasteiger partial charge >= 0.3 is 0 Å². The van der Waals surface area contributed by atoms with Crippen molar-refractivity contribution in [3.05, 3.63) is 53.7 Å². The predicted molar refractivity (Wildman–Crippen MR) is 80.8 cm³/mol. The van der Waals surface area contributed by atoms with Crippen LogP contribution in [0.1, 0.15) is 16.1 Å². The predicted octanol–water partition coefficient (Wildman–Crippen LogP) is 1.65. The van der Waals surface area contributed by atoms with E-state index in [2.05, 4.69) is 10.4 Å². The Bertz CT molecular complexity index is 631. The lowest BCUT2D eigenvalue weighted by Gasteiger charge is -2.18. The molecule has 0 atom stereocenters. The fraction of sp³-hybridized carbons (Fsp3) is 0.200. The summed E-state index contributed by atoms with van der Waals surface area (Å²) in [5.74, 6) is 6.32. The number of rotatable bonds is 5. The lowest BCUT2D eigenvalue weighted by Crippen LogP contribution is -2.27. The molecular weight excluding hydrogens is 268 g/mol. The molecule has 110 valence electrons. The van der Waals surface area contributed by atoms with Crippen LogP contribution < -0.4 is 16.0 Å². The summed E-state index contributed by atoms with van der Waals surface area (Å²) >= 11 is 0. The Morgan fingerprint density at radius 1 is 1.29 bits per heavy atom. The highest BCUT2D eigenvalue weighted by molar-refractivity contribution is 5.92. The number of benzene rings is 1. The molecule has 6 heteroatoms.